The third-order valence-corrected chi connectivity index (χ3v) is 3.91. The van der Waals surface area contributed by atoms with Gasteiger partial charge in [0.1, 0.15) is 5.75 Å². The number of hydrogen-bond acceptors (Lipinski definition) is 4. The molecule has 25 heavy (non-hydrogen) atoms. The number of benzene rings is 2. The van der Waals surface area contributed by atoms with Crippen molar-refractivity contribution in [3.63, 3.8) is 0 Å². The standard InChI is InChI=1S/C16H12Cl2N2O4S/c1-24-13-5-2-8(6-12(13)18)14(21)20-16(25)19-9-3-4-10(15(22)23)11(17)7-9/h2-7H,1H3,(H,22,23)(H2,19,20,21,25). The predicted molar refractivity (Wildman–Crippen MR) is 100 cm³/mol. The van der Waals surface area contributed by atoms with Gasteiger partial charge in [-0.05, 0) is 48.6 Å². The van der Waals surface area contributed by atoms with Gasteiger partial charge in [0.15, 0.2) is 5.11 Å². The molecule has 0 aromatic heterocycles. The lowest BCUT2D eigenvalue weighted by Gasteiger charge is -2.11. The second-order valence-electron chi connectivity index (χ2n) is 4.76. The fourth-order valence-electron chi connectivity index (χ4n) is 1.91. The monoisotopic (exact) mass is 398 g/mol. The number of methoxy groups -OCH3 is 1. The lowest BCUT2D eigenvalue weighted by atomic mass is 10.2. The number of nitrogens with one attached hydrogen (secondary N) is 2. The van der Waals surface area contributed by atoms with E-state index in [1.807, 2.05) is 0 Å². The topological polar surface area (TPSA) is 87.7 Å². The van der Waals surface area contributed by atoms with Crippen LogP contribution in [-0.4, -0.2) is 29.2 Å². The first-order chi connectivity index (χ1) is 11.8. The molecule has 0 unspecified atom stereocenters. The molecule has 9 heteroatoms. The molecule has 2 aromatic rings. The summed E-state index contributed by atoms with van der Waals surface area (Å²) in [5.41, 5.74) is 0.706. The number of anilines is 1. The van der Waals surface area contributed by atoms with E-state index in [-0.39, 0.29) is 15.7 Å². The Hall–Kier alpha value is -2.35. The summed E-state index contributed by atoms with van der Waals surface area (Å²) in [5, 5.41) is 14.5. The molecule has 0 aliphatic rings. The normalized spacial score (nSPS) is 10.0. The van der Waals surface area contributed by atoms with Gasteiger partial charge < -0.3 is 15.2 Å². The highest BCUT2D eigenvalue weighted by Crippen LogP contribution is 2.25. The van der Waals surface area contributed by atoms with Crippen molar-refractivity contribution >= 4 is 58.1 Å². The van der Waals surface area contributed by atoms with Gasteiger partial charge in [0.05, 0.1) is 22.7 Å². The summed E-state index contributed by atoms with van der Waals surface area (Å²) >= 11 is 16.9. The maximum atomic E-state index is 12.2. The van der Waals surface area contributed by atoms with Gasteiger partial charge >= 0.3 is 5.97 Å². The molecule has 0 bridgehead atoms. The zero-order chi connectivity index (χ0) is 18.6. The average Bonchev–Trinajstić information content (AvgIpc) is 2.54. The van der Waals surface area contributed by atoms with E-state index in [4.69, 9.17) is 45.3 Å². The smallest absolute Gasteiger partial charge is 0.337 e. The highest BCUT2D eigenvalue weighted by Gasteiger charge is 2.12. The van der Waals surface area contributed by atoms with Gasteiger partial charge in [-0.15, -0.1) is 0 Å². The molecule has 6 nitrogen and oxygen atoms in total. The molecule has 1 amide bonds. The predicted octanol–water partition coefficient (Wildman–Crippen LogP) is 3.83. The molecular weight excluding hydrogens is 387 g/mol. The number of amides is 1. The van der Waals surface area contributed by atoms with Crippen LogP contribution in [0.4, 0.5) is 5.69 Å². The van der Waals surface area contributed by atoms with Crippen LogP contribution < -0.4 is 15.4 Å². The molecular formula is C16H12Cl2N2O4S. The zero-order valence-electron chi connectivity index (χ0n) is 12.8. The number of aromatic carboxylic acids is 1. The zero-order valence-corrected chi connectivity index (χ0v) is 15.1. The Morgan fingerprint density at radius 3 is 2.40 bits per heavy atom. The number of carbonyl (C=O) groups is 2. The summed E-state index contributed by atoms with van der Waals surface area (Å²) in [5.74, 6) is -1.15. The second-order valence-corrected chi connectivity index (χ2v) is 5.98. The Morgan fingerprint density at radius 1 is 1.12 bits per heavy atom. The molecule has 0 aliphatic heterocycles. The Morgan fingerprint density at radius 2 is 1.84 bits per heavy atom. The Labute approximate surface area is 158 Å². The lowest BCUT2D eigenvalue weighted by molar-refractivity contribution is 0.0697. The van der Waals surface area contributed by atoms with Crippen LogP contribution in [0.25, 0.3) is 0 Å². The number of carboxylic acid groups (broad SMARTS) is 1. The first-order valence-electron chi connectivity index (χ1n) is 6.80. The number of rotatable bonds is 4. The van der Waals surface area contributed by atoms with Gasteiger partial charge in [-0.2, -0.15) is 0 Å². The summed E-state index contributed by atoms with van der Waals surface area (Å²) in [6.07, 6.45) is 0. The quantitative estimate of drug-likeness (QED) is 0.678. The molecule has 2 aromatic carbocycles. The van der Waals surface area contributed by atoms with Crippen molar-refractivity contribution in [2.45, 2.75) is 0 Å². The molecule has 0 radical (unpaired) electrons. The van der Waals surface area contributed by atoms with Crippen LogP contribution in [0.2, 0.25) is 10.0 Å². The van der Waals surface area contributed by atoms with Crippen LogP contribution >= 0.6 is 35.4 Å². The number of thiocarbonyl (C=S) groups is 1. The number of hydrogen-bond donors (Lipinski definition) is 3. The molecule has 0 spiro atoms. The fraction of sp³-hybridized carbons (Fsp3) is 0.0625. The van der Waals surface area contributed by atoms with Crippen molar-refractivity contribution in [2.24, 2.45) is 0 Å². The molecule has 3 N–H and O–H groups in total. The highest BCUT2D eigenvalue weighted by molar-refractivity contribution is 7.80. The Kier molecular flexibility index (Phi) is 6.19. The summed E-state index contributed by atoms with van der Waals surface area (Å²) < 4.78 is 5.02. The third kappa shape index (κ3) is 4.82. The minimum Gasteiger partial charge on any atom is -0.495 e. The Bertz CT molecular complexity index is 858. The van der Waals surface area contributed by atoms with E-state index in [0.29, 0.717) is 22.0 Å². The SMILES string of the molecule is COc1ccc(C(=O)NC(=S)Nc2ccc(C(=O)O)c(Cl)c2)cc1Cl. The molecule has 0 fully saturated rings. The molecule has 0 saturated carbocycles. The number of ether oxygens (including phenoxy) is 1. The van der Waals surface area contributed by atoms with Crippen LogP contribution in [0, 0.1) is 0 Å². The minimum absolute atomic E-state index is 0.0242. The average molecular weight is 399 g/mol. The molecule has 0 atom stereocenters. The van der Waals surface area contributed by atoms with Gasteiger partial charge in [0.2, 0.25) is 0 Å². The van der Waals surface area contributed by atoms with E-state index >= 15 is 0 Å². The summed E-state index contributed by atoms with van der Waals surface area (Å²) in [6, 6.07) is 8.78. The Balaban J connectivity index is 2.04. The summed E-state index contributed by atoms with van der Waals surface area (Å²) in [4.78, 5) is 23.1. The third-order valence-electron chi connectivity index (χ3n) is 3.10. The van der Waals surface area contributed by atoms with Crippen molar-refractivity contribution in [1.29, 1.82) is 0 Å². The number of carboxylic acids is 1. The van der Waals surface area contributed by atoms with Crippen molar-refractivity contribution < 1.29 is 19.4 Å². The highest BCUT2D eigenvalue weighted by atomic mass is 35.5. The molecule has 0 saturated heterocycles. The maximum absolute atomic E-state index is 12.2. The van der Waals surface area contributed by atoms with Gasteiger partial charge in [-0.3, -0.25) is 10.1 Å². The van der Waals surface area contributed by atoms with Crippen LogP contribution in [0.15, 0.2) is 36.4 Å². The summed E-state index contributed by atoms with van der Waals surface area (Å²) in [7, 11) is 1.47. The van der Waals surface area contributed by atoms with Crippen LogP contribution in [0.5, 0.6) is 5.75 Å². The molecule has 0 aliphatic carbocycles. The van der Waals surface area contributed by atoms with Crippen LogP contribution in [0.3, 0.4) is 0 Å². The maximum Gasteiger partial charge on any atom is 0.337 e. The first-order valence-corrected chi connectivity index (χ1v) is 7.97. The molecule has 2 rings (SSSR count). The van der Waals surface area contributed by atoms with E-state index in [1.54, 1.807) is 12.1 Å². The minimum atomic E-state index is -1.14. The summed E-state index contributed by atoms with van der Waals surface area (Å²) in [6.45, 7) is 0. The van der Waals surface area contributed by atoms with E-state index in [0.717, 1.165) is 0 Å². The van der Waals surface area contributed by atoms with E-state index < -0.39 is 11.9 Å². The van der Waals surface area contributed by atoms with Crippen LogP contribution in [-0.2, 0) is 0 Å². The van der Waals surface area contributed by atoms with Crippen molar-refractivity contribution in [3.05, 3.63) is 57.6 Å². The molecule has 0 heterocycles. The van der Waals surface area contributed by atoms with Crippen molar-refractivity contribution in [1.82, 2.24) is 5.32 Å². The van der Waals surface area contributed by atoms with Crippen molar-refractivity contribution in [3.8, 4) is 5.75 Å². The number of carbonyl (C=O) groups excluding carboxylic acids is 1. The van der Waals surface area contributed by atoms with Crippen LogP contribution in [0.1, 0.15) is 20.7 Å². The second kappa shape index (κ2) is 8.15. The van der Waals surface area contributed by atoms with E-state index in [2.05, 4.69) is 10.6 Å². The lowest BCUT2D eigenvalue weighted by Crippen LogP contribution is -2.34. The van der Waals surface area contributed by atoms with E-state index in [9.17, 15) is 9.59 Å². The fourth-order valence-corrected chi connectivity index (χ4v) is 2.64. The van der Waals surface area contributed by atoms with Gasteiger partial charge in [0.25, 0.3) is 5.91 Å². The van der Waals surface area contributed by atoms with Gasteiger partial charge in [-0.25, -0.2) is 4.79 Å². The van der Waals surface area contributed by atoms with Gasteiger partial charge in [0, 0.05) is 11.3 Å². The largest absolute Gasteiger partial charge is 0.495 e. The van der Waals surface area contributed by atoms with Gasteiger partial charge in [-0.1, -0.05) is 23.2 Å². The first kappa shape index (κ1) is 19.0. The molecule has 130 valence electrons. The van der Waals surface area contributed by atoms with E-state index in [1.165, 1.54) is 31.4 Å². The van der Waals surface area contributed by atoms with Crippen molar-refractivity contribution in [2.75, 3.05) is 12.4 Å². The number of halogens is 2.